The molecule has 1 unspecified atom stereocenters. The molecule has 4 nitrogen and oxygen atoms in total. The van der Waals surface area contributed by atoms with Crippen LogP contribution in [-0.4, -0.2) is 19.0 Å². The lowest BCUT2D eigenvalue weighted by Gasteiger charge is -2.34. The topological polar surface area (TPSA) is 55.4 Å². The molecule has 138 valence electrons. The van der Waals surface area contributed by atoms with Gasteiger partial charge in [-0.2, -0.15) is 0 Å². The van der Waals surface area contributed by atoms with Crippen molar-refractivity contribution < 1.29 is 14.3 Å². The lowest BCUT2D eigenvalue weighted by Crippen LogP contribution is -2.27. The first kappa shape index (κ1) is 18.6. The van der Waals surface area contributed by atoms with E-state index in [4.69, 9.17) is 4.74 Å². The highest BCUT2D eigenvalue weighted by molar-refractivity contribution is 7.10. The molecule has 3 rings (SSSR count). The third-order valence-electron chi connectivity index (χ3n) is 5.17. The van der Waals surface area contributed by atoms with Gasteiger partial charge in [-0.1, -0.05) is 26.8 Å². The largest absolute Gasteiger partial charge is 0.465 e. The molecule has 1 atom stereocenters. The van der Waals surface area contributed by atoms with Crippen LogP contribution in [0.25, 0.3) is 0 Å². The van der Waals surface area contributed by atoms with Crippen molar-refractivity contribution >= 4 is 28.9 Å². The Hall–Kier alpha value is -2.14. The van der Waals surface area contributed by atoms with E-state index in [-0.39, 0.29) is 5.91 Å². The molecular weight excluding hydrogens is 346 g/mol. The second-order valence-corrected chi connectivity index (χ2v) is 8.85. The Bertz CT molecular complexity index is 832. The molecule has 0 saturated heterocycles. The summed E-state index contributed by atoms with van der Waals surface area (Å²) in [6.45, 7) is 6.87. The van der Waals surface area contributed by atoms with Crippen LogP contribution in [0.2, 0.25) is 0 Å². The zero-order chi connectivity index (χ0) is 18.9. The highest BCUT2D eigenvalue weighted by atomic mass is 32.1. The van der Waals surface area contributed by atoms with Crippen LogP contribution in [0.3, 0.4) is 0 Å². The third kappa shape index (κ3) is 3.83. The van der Waals surface area contributed by atoms with Crippen molar-refractivity contribution in [3.05, 3.63) is 51.2 Å². The summed E-state index contributed by atoms with van der Waals surface area (Å²) in [5.74, 6) is 0.127. The van der Waals surface area contributed by atoms with Gasteiger partial charge in [-0.15, -0.1) is 11.3 Å². The molecule has 1 heterocycles. The van der Waals surface area contributed by atoms with Gasteiger partial charge >= 0.3 is 5.97 Å². The Morgan fingerprint density at radius 2 is 2.04 bits per heavy atom. The SMILES string of the molecule is COC(=O)c1cccc(NC(=O)c2csc3c2CCC(C(C)(C)C)C3)c1. The van der Waals surface area contributed by atoms with Crippen LogP contribution in [0.1, 0.15) is 58.3 Å². The number of thiophene rings is 1. The van der Waals surface area contributed by atoms with E-state index >= 15 is 0 Å². The first-order valence-corrected chi connectivity index (χ1v) is 9.76. The number of ether oxygens (including phenoxy) is 1. The molecule has 0 spiro atoms. The standard InChI is InChI=1S/C21H25NO3S/c1-21(2,3)14-8-9-16-17(12-26-18(16)11-14)19(23)22-15-7-5-6-13(10-15)20(24)25-4/h5-7,10,12,14H,8-9,11H2,1-4H3,(H,22,23). The normalized spacial score (nSPS) is 16.7. The number of methoxy groups -OCH3 is 1. The van der Waals surface area contributed by atoms with Crippen molar-refractivity contribution in [2.75, 3.05) is 12.4 Å². The number of fused-ring (bicyclic) bond motifs is 1. The van der Waals surface area contributed by atoms with Crippen LogP contribution in [0.4, 0.5) is 5.69 Å². The van der Waals surface area contributed by atoms with Crippen molar-refractivity contribution in [3.8, 4) is 0 Å². The Morgan fingerprint density at radius 3 is 2.73 bits per heavy atom. The van der Waals surface area contributed by atoms with Crippen LogP contribution in [0.5, 0.6) is 0 Å². The van der Waals surface area contributed by atoms with Crippen molar-refractivity contribution in [3.63, 3.8) is 0 Å². The molecule has 1 amide bonds. The molecule has 1 aliphatic carbocycles. The lowest BCUT2D eigenvalue weighted by atomic mass is 9.72. The van der Waals surface area contributed by atoms with Gasteiger partial charge < -0.3 is 10.1 Å². The first-order valence-electron chi connectivity index (χ1n) is 8.88. The van der Waals surface area contributed by atoms with Crippen molar-refractivity contribution in [1.29, 1.82) is 0 Å². The van der Waals surface area contributed by atoms with E-state index in [1.54, 1.807) is 35.6 Å². The maximum atomic E-state index is 12.8. The summed E-state index contributed by atoms with van der Waals surface area (Å²) in [5.41, 5.74) is 3.27. The van der Waals surface area contributed by atoms with Crippen LogP contribution >= 0.6 is 11.3 Å². The minimum Gasteiger partial charge on any atom is -0.465 e. The molecule has 0 fully saturated rings. The Labute approximate surface area is 158 Å². The van der Waals surface area contributed by atoms with E-state index in [0.29, 0.717) is 22.6 Å². The molecule has 1 aromatic carbocycles. The minimum absolute atomic E-state index is 0.112. The summed E-state index contributed by atoms with van der Waals surface area (Å²) in [6, 6.07) is 6.82. The molecule has 1 aromatic heterocycles. The second-order valence-electron chi connectivity index (χ2n) is 7.88. The summed E-state index contributed by atoms with van der Waals surface area (Å²) in [5, 5.41) is 4.88. The molecule has 1 aliphatic rings. The van der Waals surface area contributed by atoms with Gasteiger partial charge in [0.05, 0.1) is 18.2 Å². The van der Waals surface area contributed by atoms with Crippen molar-refractivity contribution in [1.82, 2.24) is 0 Å². The van der Waals surface area contributed by atoms with E-state index in [1.165, 1.54) is 17.6 Å². The molecule has 26 heavy (non-hydrogen) atoms. The number of carbonyl (C=O) groups is 2. The highest BCUT2D eigenvalue weighted by Gasteiger charge is 2.31. The van der Waals surface area contributed by atoms with E-state index in [0.717, 1.165) is 24.8 Å². The predicted octanol–water partition coefficient (Wildman–Crippen LogP) is 4.94. The van der Waals surface area contributed by atoms with Gasteiger partial charge in [0.15, 0.2) is 0 Å². The fourth-order valence-electron chi connectivity index (χ4n) is 3.48. The second kappa shape index (κ2) is 7.23. The van der Waals surface area contributed by atoms with E-state index in [2.05, 4.69) is 26.1 Å². The molecule has 5 heteroatoms. The van der Waals surface area contributed by atoms with Crippen LogP contribution in [0.15, 0.2) is 29.6 Å². The average molecular weight is 372 g/mol. The molecule has 2 aromatic rings. The van der Waals surface area contributed by atoms with E-state index in [1.807, 2.05) is 5.38 Å². The number of esters is 1. The number of nitrogens with one attached hydrogen (secondary N) is 1. The third-order valence-corrected chi connectivity index (χ3v) is 6.22. The van der Waals surface area contributed by atoms with Crippen LogP contribution in [-0.2, 0) is 17.6 Å². The predicted molar refractivity (Wildman–Crippen MR) is 105 cm³/mol. The molecule has 0 bridgehead atoms. The number of rotatable bonds is 3. The average Bonchev–Trinajstić information content (AvgIpc) is 3.03. The fourth-order valence-corrected chi connectivity index (χ4v) is 4.64. The number of amides is 1. The number of benzene rings is 1. The molecule has 0 radical (unpaired) electrons. The maximum Gasteiger partial charge on any atom is 0.337 e. The zero-order valence-corrected chi connectivity index (χ0v) is 16.5. The Morgan fingerprint density at radius 1 is 1.27 bits per heavy atom. The minimum atomic E-state index is -0.415. The quantitative estimate of drug-likeness (QED) is 0.778. The number of hydrogen-bond acceptors (Lipinski definition) is 4. The molecule has 0 saturated carbocycles. The van der Waals surface area contributed by atoms with Gasteiger partial charge in [-0.25, -0.2) is 4.79 Å². The fraction of sp³-hybridized carbons (Fsp3) is 0.429. The van der Waals surface area contributed by atoms with Crippen molar-refractivity contribution in [2.24, 2.45) is 11.3 Å². The molecule has 1 N–H and O–H groups in total. The van der Waals surface area contributed by atoms with Crippen molar-refractivity contribution in [2.45, 2.75) is 40.0 Å². The summed E-state index contributed by atoms with van der Waals surface area (Å²) in [7, 11) is 1.34. The zero-order valence-electron chi connectivity index (χ0n) is 15.7. The summed E-state index contributed by atoms with van der Waals surface area (Å²) in [4.78, 5) is 25.7. The summed E-state index contributed by atoms with van der Waals surface area (Å²) >= 11 is 1.69. The van der Waals surface area contributed by atoms with Crippen LogP contribution in [0, 0.1) is 11.3 Å². The lowest BCUT2D eigenvalue weighted by molar-refractivity contribution is 0.0600. The molecular formula is C21H25NO3S. The summed E-state index contributed by atoms with van der Waals surface area (Å²) < 4.78 is 4.73. The van der Waals surface area contributed by atoms with E-state index in [9.17, 15) is 9.59 Å². The van der Waals surface area contributed by atoms with E-state index < -0.39 is 5.97 Å². The van der Waals surface area contributed by atoms with Gasteiger partial charge in [0.25, 0.3) is 5.91 Å². The Balaban J connectivity index is 1.77. The first-order chi connectivity index (χ1) is 12.3. The van der Waals surface area contributed by atoms with Gasteiger partial charge in [-0.05, 0) is 54.4 Å². The maximum absolute atomic E-state index is 12.8. The highest BCUT2D eigenvalue weighted by Crippen LogP contribution is 2.40. The monoisotopic (exact) mass is 371 g/mol. The van der Waals surface area contributed by atoms with Gasteiger partial charge in [0.2, 0.25) is 0 Å². The summed E-state index contributed by atoms with van der Waals surface area (Å²) in [6.07, 6.45) is 3.12. The smallest absolute Gasteiger partial charge is 0.337 e. The van der Waals surface area contributed by atoms with Gasteiger partial charge in [-0.3, -0.25) is 4.79 Å². The van der Waals surface area contributed by atoms with Crippen LogP contribution < -0.4 is 5.32 Å². The van der Waals surface area contributed by atoms with Gasteiger partial charge in [0, 0.05) is 15.9 Å². The molecule has 0 aliphatic heterocycles. The Kier molecular flexibility index (Phi) is 5.19. The van der Waals surface area contributed by atoms with Gasteiger partial charge in [0.1, 0.15) is 0 Å². The number of anilines is 1. The number of hydrogen-bond donors (Lipinski definition) is 1. The number of carbonyl (C=O) groups excluding carboxylic acids is 2.